The number of ether oxygens (including phenoxy) is 2. The van der Waals surface area contributed by atoms with Crippen molar-refractivity contribution < 1.29 is 31.9 Å². The quantitative estimate of drug-likeness (QED) is 0.417. The van der Waals surface area contributed by atoms with Gasteiger partial charge in [0.15, 0.2) is 9.84 Å². The van der Waals surface area contributed by atoms with Gasteiger partial charge in [-0.15, -0.1) is 0 Å². The van der Waals surface area contributed by atoms with Crippen LogP contribution in [0.2, 0.25) is 5.02 Å². The SMILES string of the molecule is CCOC(=O)Nc1ccc2c(COC(=O)c3cc(S(C)(=O)=O)ccc3Cl)cc(=O)oc2c1. The van der Waals surface area contributed by atoms with E-state index in [2.05, 4.69) is 5.32 Å². The fourth-order valence-electron chi connectivity index (χ4n) is 2.82. The molecular weight excluding hydrogens is 462 g/mol. The number of fused-ring (bicyclic) bond motifs is 1. The molecule has 0 aliphatic heterocycles. The fraction of sp³-hybridized carbons (Fsp3) is 0.190. The number of sulfone groups is 1. The van der Waals surface area contributed by atoms with Crippen LogP contribution in [0.3, 0.4) is 0 Å². The molecule has 1 heterocycles. The minimum absolute atomic E-state index is 0.0227. The van der Waals surface area contributed by atoms with Gasteiger partial charge in [0.1, 0.15) is 12.2 Å². The highest BCUT2D eigenvalue weighted by molar-refractivity contribution is 7.90. The molecule has 0 atom stereocenters. The third kappa shape index (κ3) is 5.45. The number of carbonyl (C=O) groups is 2. The van der Waals surface area contributed by atoms with Gasteiger partial charge in [0.2, 0.25) is 0 Å². The Morgan fingerprint density at radius 3 is 2.53 bits per heavy atom. The minimum Gasteiger partial charge on any atom is -0.457 e. The molecule has 1 amide bonds. The van der Waals surface area contributed by atoms with Gasteiger partial charge in [-0.25, -0.2) is 22.8 Å². The first kappa shape index (κ1) is 23.3. The molecule has 0 fully saturated rings. The molecule has 3 rings (SSSR count). The first-order chi connectivity index (χ1) is 15.1. The van der Waals surface area contributed by atoms with E-state index in [1.54, 1.807) is 19.1 Å². The molecule has 0 aliphatic carbocycles. The van der Waals surface area contributed by atoms with Gasteiger partial charge in [-0.2, -0.15) is 0 Å². The summed E-state index contributed by atoms with van der Waals surface area (Å²) in [7, 11) is -3.55. The van der Waals surface area contributed by atoms with Gasteiger partial charge in [0.25, 0.3) is 0 Å². The van der Waals surface area contributed by atoms with Crippen LogP contribution in [0.5, 0.6) is 0 Å². The van der Waals surface area contributed by atoms with E-state index in [-0.39, 0.29) is 34.3 Å². The summed E-state index contributed by atoms with van der Waals surface area (Å²) in [4.78, 5) is 36.0. The monoisotopic (exact) mass is 479 g/mol. The lowest BCUT2D eigenvalue weighted by Crippen LogP contribution is -2.13. The summed E-state index contributed by atoms with van der Waals surface area (Å²) in [5.41, 5.74) is 0.0481. The van der Waals surface area contributed by atoms with Gasteiger partial charge in [-0.05, 0) is 37.3 Å². The summed E-state index contributed by atoms with van der Waals surface area (Å²) in [6, 6.07) is 9.46. The summed E-state index contributed by atoms with van der Waals surface area (Å²) in [6.45, 7) is 1.56. The van der Waals surface area contributed by atoms with Gasteiger partial charge in [-0.3, -0.25) is 5.32 Å². The molecule has 0 aliphatic rings. The maximum absolute atomic E-state index is 12.5. The first-order valence-electron chi connectivity index (χ1n) is 9.25. The molecular formula is C21H18ClNO8S. The first-order valence-corrected chi connectivity index (χ1v) is 11.5. The van der Waals surface area contributed by atoms with Crippen LogP contribution in [0, 0.1) is 0 Å². The molecule has 1 aromatic heterocycles. The predicted octanol–water partition coefficient (Wildman–Crippen LogP) is 3.78. The Balaban J connectivity index is 1.85. The van der Waals surface area contributed by atoms with Gasteiger partial charge in [-0.1, -0.05) is 11.6 Å². The lowest BCUT2D eigenvalue weighted by Gasteiger charge is -2.10. The number of nitrogens with one attached hydrogen (secondary N) is 1. The van der Waals surface area contributed by atoms with Crippen molar-refractivity contribution in [1.82, 2.24) is 0 Å². The van der Waals surface area contributed by atoms with E-state index in [0.29, 0.717) is 16.6 Å². The smallest absolute Gasteiger partial charge is 0.411 e. The zero-order valence-corrected chi connectivity index (χ0v) is 18.6. The molecule has 0 unspecified atom stereocenters. The number of anilines is 1. The molecule has 168 valence electrons. The normalized spacial score (nSPS) is 11.2. The second kappa shape index (κ2) is 9.41. The van der Waals surface area contributed by atoms with Crippen LogP contribution < -0.4 is 10.9 Å². The fourth-order valence-corrected chi connectivity index (χ4v) is 3.67. The third-order valence-electron chi connectivity index (χ3n) is 4.30. The van der Waals surface area contributed by atoms with Crippen molar-refractivity contribution in [3.05, 3.63) is 69.0 Å². The van der Waals surface area contributed by atoms with E-state index in [4.69, 9.17) is 25.5 Å². The number of carbonyl (C=O) groups excluding carboxylic acids is 2. The molecule has 0 radical (unpaired) electrons. The molecule has 3 aromatic rings. The Kier molecular flexibility index (Phi) is 6.85. The van der Waals surface area contributed by atoms with E-state index in [1.807, 2.05) is 0 Å². The van der Waals surface area contributed by atoms with Crippen LogP contribution in [-0.2, 0) is 25.9 Å². The van der Waals surface area contributed by atoms with Crippen LogP contribution >= 0.6 is 11.6 Å². The molecule has 0 bridgehead atoms. The van der Waals surface area contributed by atoms with Crippen molar-refractivity contribution in [3.8, 4) is 0 Å². The maximum atomic E-state index is 12.5. The number of hydrogen-bond donors (Lipinski definition) is 1. The van der Waals surface area contributed by atoms with Gasteiger partial charge < -0.3 is 13.9 Å². The average Bonchev–Trinajstić information content (AvgIpc) is 2.71. The number of amides is 1. The van der Waals surface area contributed by atoms with E-state index in [1.165, 1.54) is 24.3 Å². The Labute approximate surface area is 187 Å². The lowest BCUT2D eigenvalue weighted by molar-refractivity contribution is 0.0473. The highest BCUT2D eigenvalue weighted by Crippen LogP contribution is 2.24. The molecule has 0 saturated carbocycles. The largest absolute Gasteiger partial charge is 0.457 e. The second-order valence-corrected chi connectivity index (χ2v) is 9.06. The van der Waals surface area contributed by atoms with Crippen molar-refractivity contribution in [2.45, 2.75) is 18.4 Å². The topological polar surface area (TPSA) is 129 Å². The summed E-state index contributed by atoms with van der Waals surface area (Å²) in [6.07, 6.45) is 0.346. The maximum Gasteiger partial charge on any atom is 0.411 e. The highest BCUT2D eigenvalue weighted by Gasteiger charge is 2.18. The third-order valence-corrected chi connectivity index (χ3v) is 5.74. The molecule has 32 heavy (non-hydrogen) atoms. The van der Waals surface area contributed by atoms with Crippen LogP contribution in [0.4, 0.5) is 10.5 Å². The second-order valence-electron chi connectivity index (χ2n) is 6.64. The summed E-state index contributed by atoms with van der Waals surface area (Å²) >= 11 is 6.02. The average molecular weight is 480 g/mol. The summed E-state index contributed by atoms with van der Waals surface area (Å²) < 4.78 is 38.7. The molecule has 9 nitrogen and oxygen atoms in total. The van der Waals surface area contributed by atoms with Crippen molar-refractivity contribution in [1.29, 1.82) is 0 Å². The number of halogens is 1. The summed E-state index contributed by atoms with van der Waals surface area (Å²) in [5.74, 6) is -0.859. The van der Waals surface area contributed by atoms with Crippen molar-refractivity contribution in [2.75, 3.05) is 18.2 Å². The van der Waals surface area contributed by atoms with Crippen molar-refractivity contribution in [2.24, 2.45) is 0 Å². The molecule has 0 spiro atoms. The molecule has 11 heteroatoms. The lowest BCUT2D eigenvalue weighted by atomic mass is 10.1. The Morgan fingerprint density at radius 1 is 1.09 bits per heavy atom. The number of benzene rings is 2. The van der Waals surface area contributed by atoms with Crippen LogP contribution in [0.25, 0.3) is 11.0 Å². The van der Waals surface area contributed by atoms with Gasteiger partial charge >= 0.3 is 17.7 Å². The van der Waals surface area contributed by atoms with Crippen molar-refractivity contribution in [3.63, 3.8) is 0 Å². The van der Waals surface area contributed by atoms with E-state index >= 15 is 0 Å². The van der Waals surface area contributed by atoms with Crippen LogP contribution in [0.15, 0.2) is 56.6 Å². The summed E-state index contributed by atoms with van der Waals surface area (Å²) in [5, 5.41) is 2.99. The molecule has 1 N–H and O–H groups in total. The van der Waals surface area contributed by atoms with E-state index < -0.39 is 27.5 Å². The van der Waals surface area contributed by atoms with E-state index in [0.717, 1.165) is 12.3 Å². The van der Waals surface area contributed by atoms with Gasteiger partial charge in [0, 0.05) is 35.0 Å². The number of rotatable bonds is 6. The van der Waals surface area contributed by atoms with Crippen molar-refractivity contribution >= 4 is 50.2 Å². The highest BCUT2D eigenvalue weighted by atomic mass is 35.5. The zero-order chi connectivity index (χ0) is 23.5. The standard InChI is InChI=1S/C21H18ClNO8S/c1-3-29-21(26)23-13-4-6-15-12(8-19(24)31-18(15)9-13)11-30-20(25)16-10-14(32(2,27)28)5-7-17(16)22/h4-10H,3,11H2,1-2H3,(H,23,26). The molecule has 0 saturated heterocycles. The molecule has 2 aromatic carbocycles. The van der Waals surface area contributed by atoms with Crippen LogP contribution in [-0.4, -0.2) is 33.3 Å². The number of hydrogen-bond acceptors (Lipinski definition) is 8. The Bertz CT molecular complexity index is 1360. The predicted molar refractivity (Wildman–Crippen MR) is 117 cm³/mol. The Morgan fingerprint density at radius 2 is 1.84 bits per heavy atom. The van der Waals surface area contributed by atoms with E-state index in [9.17, 15) is 22.8 Å². The number of esters is 1. The van der Waals surface area contributed by atoms with Gasteiger partial charge in [0.05, 0.1) is 22.1 Å². The van der Waals surface area contributed by atoms with Crippen LogP contribution in [0.1, 0.15) is 22.8 Å². The minimum atomic E-state index is -3.55. The Hall–Kier alpha value is -3.37. The zero-order valence-electron chi connectivity index (χ0n) is 17.0.